The van der Waals surface area contributed by atoms with E-state index in [0.29, 0.717) is 12.8 Å². The van der Waals surface area contributed by atoms with Gasteiger partial charge in [0.05, 0.1) is 5.41 Å². The van der Waals surface area contributed by atoms with Crippen molar-refractivity contribution in [1.29, 1.82) is 0 Å². The Hall–Kier alpha value is -1.15. The van der Waals surface area contributed by atoms with Gasteiger partial charge in [0, 0.05) is 0 Å². The minimum absolute atomic E-state index is 0.0774. The molecule has 0 aromatic carbocycles. The summed E-state index contributed by atoms with van der Waals surface area (Å²) in [5, 5.41) is 16.4. The van der Waals surface area contributed by atoms with Crippen molar-refractivity contribution in [2.75, 3.05) is 0 Å². The molecule has 0 aromatic rings. The van der Waals surface area contributed by atoms with Crippen LogP contribution in [0.25, 0.3) is 0 Å². The fraction of sp³-hybridized carbons (Fsp3) is 0.857. The third kappa shape index (κ3) is 5.57. The van der Waals surface area contributed by atoms with Crippen LogP contribution in [0.3, 0.4) is 0 Å². The molecule has 22 heavy (non-hydrogen) atoms. The van der Waals surface area contributed by atoms with Crippen LogP contribution in [0.4, 0.5) is 0 Å². The van der Waals surface area contributed by atoms with Crippen LogP contribution in [0, 0.1) is 17.3 Å². The second kappa shape index (κ2) is 7.92. The van der Waals surface area contributed by atoms with Gasteiger partial charge in [-0.1, -0.05) is 27.7 Å². The Kier molecular flexibility index (Phi) is 7.50. The zero-order valence-corrected chi connectivity index (χ0v) is 14.3. The van der Waals surface area contributed by atoms with Gasteiger partial charge in [-0.05, 0) is 37.5 Å². The first-order valence-electron chi connectivity index (χ1n) is 7.27. The zero-order valence-electron chi connectivity index (χ0n) is 13.4. The van der Waals surface area contributed by atoms with E-state index in [1.54, 1.807) is 0 Å². The van der Waals surface area contributed by atoms with E-state index >= 15 is 0 Å². The van der Waals surface area contributed by atoms with E-state index in [4.69, 9.17) is 0 Å². The normalized spacial score (nSPS) is 14.3. The topological polar surface area (TPSA) is 129 Å². The number of carboxylic acid groups (broad SMARTS) is 2. The summed E-state index contributed by atoms with van der Waals surface area (Å²) < 4.78 is 32.3. The van der Waals surface area contributed by atoms with E-state index in [2.05, 4.69) is 0 Å². The number of hydrogen-bond donors (Lipinski definition) is 3. The molecule has 0 heterocycles. The smallest absolute Gasteiger partial charge is 0.325 e. The van der Waals surface area contributed by atoms with E-state index in [0.717, 1.165) is 0 Å². The number of aliphatic carboxylic acids is 2. The summed E-state index contributed by atoms with van der Waals surface area (Å²) in [5.41, 5.74) is -2.03. The molecule has 0 saturated heterocycles. The van der Waals surface area contributed by atoms with Crippen molar-refractivity contribution in [3.63, 3.8) is 0 Å². The SMILES string of the molecule is CC(C)CCC(CCC(C)C)(C(=O)O)C(C(=O)O)S(=O)(=O)O. The van der Waals surface area contributed by atoms with E-state index in [1.807, 2.05) is 27.7 Å². The van der Waals surface area contributed by atoms with Gasteiger partial charge in [0.15, 0.2) is 5.25 Å². The Labute approximate surface area is 131 Å². The van der Waals surface area contributed by atoms with Gasteiger partial charge in [-0.25, -0.2) is 0 Å². The van der Waals surface area contributed by atoms with Crippen LogP contribution in [0.15, 0.2) is 0 Å². The molecule has 8 heteroatoms. The molecule has 0 saturated carbocycles. The quantitative estimate of drug-likeness (QED) is 0.521. The molecule has 0 spiro atoms. The Morgan fingerprint density at radius 1 is 0.955 bits per heavy atom. The third-order valence-corrected chi connectivity index (χ3v) is 5.03. The lowest BCUT2D eigenvalue weighted by atomic mass is 9.73. The molecule has 0 amide bonds. The van der Waals surface area contributed by atoms with Crippen molar-refractivity contribution >= 4 is 22.1 Å². The average molecular weight is 338 g/mol. The van der Waals surface area contributed by atoms with Crippen LogP contribution in [0.1, 0.15) is 53.4 Å². The number of carbonyl (C=O) groups is 2. The highest BCUT2D eigenvalue weighted by Gasteiger charge is 2.55. The molecule has 130 valence electrons. The Morgan fingerprint density at radius 3 is 1.50 bits per heavy atom. The highest BCUT2D eigenvalue weighted by Crippen LogP contribution is 2.40. The van der Waals surface area contributed by atoms with Crippen LogP contribution in [-0.4, -0.2) is 40.4 Å². The number of rotatable bonds is 10. The lowest BCUT2D eigenvalue weighted by Crippen LogP contribution is -2.51. The molecule has 3 N–H and O–H groups in total. The summed E-state index contributed by atoms with van der Waals surface area (Å²) in [6, 6.07) is 0. The van der Waals surface area contributed by atoms with Gasteiger partial charge in [0.1, 0.15) is 0 Å². The van der Waals surface area contributed by atoms with Crippen LogP contribution in [0.2, 0.25) is 0 Å². The molecular weight excluding hydrogens is 312 g/mol. The van der Waals surface area contributed by atoms with Gasteiger partial charge in [0.2, 0.25) is 0 Å². The lowest BCUT2D eigenvalue weighted by molar-refractivity contribution is -0.156. The predicted molar refractivity (Wildman–Crippen MR) is 81.2 cm³/mol. The minimum atomic E-state index is -5.04. The van der Waals surface area contributed by atoms with Gasteiger partial charge in [-0.2, -0.15) is 8.42 Å². The van der Waals surface area contributed by atoms with Gasteiger partial charge in [0.25, 0.3) is 10.1 Å². The van der Waals surface area contributed by atoms with E-state index < -0.39 is 32.7 Å². The van der Waals surface area contributed by atoms with Crippen LogP contribution in [-0.2, 0) is 19.7 Å². The Bertz CT molecular complexity index is 481. The van der Waals surface area contributed by atoms with Gasteiger partial charge >= 0.3 is 11.9 Å². The van der Waals surface area contributed by atoms with E-state index in [-0.39, 0.29) is 24.7 Å². The van der Waals surface area contributed by atoms with Gasteiger partial charge in [-0.15, -0.1) is 0 Å². The first kappa shape index (κ1) is 20.9. The van der Waals surface area contributed by atoms with Crippen molar-refractivity contribution in [3.05, 3.63) is 0 Å². The minimum Gasteiger partial charge on any atom is -0.481 e. The summed E-state index contributed by atoms with van der Waals surface area (Å²) in [5.74, 6) is -3.18. The first-order valence-corrected chi connectivity index (χ1v) is 8.77. The molecule has 0 fully saturated rings. The molecule has 0 aromatic heterocycles. The molecule has 1 unspecified atom stereocenters. The number of carboxylic acids is 2. The van der Waals surface area contributed by atoms with E-state index in [9.17, 15) is 32.8 Å². The molecule has 0 aliphatic rings. The maximum atomic E-state index is 11.8. The fourth-order valence-electron chi connectivity index (χ4n) is 2.45. The fourth-order valence-corrected chi connectivity index (χ4v) is 3.62. The summed E-state index contributed by atoms with van der Waals surface area (Å²) in [7, 11) is -5.04. The zero-order chi connectivity index (χ0) is 17.7. The summed E-state index contributed by atoms with van der Waals surface area (Å²) in [6.07, 6.45) is 0.459. The van der Waals surface area contributed by atoms with Gasteiger partial charge in [-0.3, -0.25) is 14.1 Å². The highest BCUT2D eigenvalue weighted by molar-refractivity contribution is 7.87. The largest absolute Gasteiger partial charge is 0.481 e. The maximum Gasteiger partial charge on any atom is 0.325 e. The Balaban J connectivity index is 5.97. The summed E-state index contributed by atoms with van der Waals surface area (Å²) in [6.45, 7) is 7.33. The summed E-state index contributed by atoms with van der Waals surface area (Å²) in [4.78, 5) is 23.2. The molecule has 0 radical (unpaired) electrons. The Morgan fingerprint density at radius 2 is 1.32 bits per heavy atom. The molecule has 0 aliphatic heterocycles. The van der Waals surface area contributed by atoms with Crippen LogP contribution >= 0.6 is 0 Å². The van der Waals surface area contributed by atoms with Crippen molar-refractivity contribution in [2.24, 2.45) is 17.3 Å². The number of hydrogen-bond acceptors (Lipinski definition) is 4. The van der Waals surface area contributed by atoms with Crippen LogP contribution in [0.5, 0.6) is 0 Å². The second-order valence-corrected chi connectivity index (χ2v) is 8.06. The summed E-state index contributed by atoms with van der Waals surface area (Å²) >= 11 is 0. The highest BCUT2D eigenvalue weighted by atomic mass is 32.2. The molecule has 0 rings (SSSR count). The predicted octanol–water partition coefficient (Wildman–Crippen LogP) is 2.27. The molecule has 0 aliphatic carbocycles. The van der Waals surface area contributed by atoms with Crippen molar-refractivity contribution in [3.8, 4) is 0 Å². The molecule has 7 nitrogen and oxygen atoms in total. The monoisotopic (exact) mass is 338 g/mol. The van der Waals surface area contributed by atoms with E-state index in [1.165, 1.54) is 0 Å². The molecule has 1 atom stereocenters. The molecular formula is C14H26O7S. The average Bonchev–Trinajstić information content (AvgIpc) is 2.29. The van der Waals surface area contributed by atoms with Crippen molar-refractivity contribution < 1.29 is 32.8 Å². The lowest BCUT2D eigenvalue weighted by Gasteiger charge is -2.34. The second-order valence-electron chi connectivity index (χ2n) is 6.56. The van der Waals surface area contributed by atoms with Gasteiger partial charge < -0.3 is 10.2 Å². The first-order chi connectivity index (χ1) is 9.84. The third-order valence-electron chi connectivity index (χ3n) is 3.79. The van der Waals surface area contributed by atoms with Crippen molar-refractivity contribution in [1.82, 2.24) is 0 Å². The maximum absolute atomic E-state index is 11.8. The van der Waals surface area contributed by atoms with Crippen molar-refractivity contribution in [2.45, 2.75) is 58.6 Å². The van der Waals surface area contributed by atoms with Crippen LogP contribution < -0.4 is 0 Å². The molecule has 0 bridgehead atoms. The standard InChI is InChI=1S/C14H26O7S/c1-9(2)5-7-14(13(17)18,8-6-10(3)4)11(12(15)16)22(19,20)21/h9-11H,5-8H2,1-4H3,(H,15,16)(H,17,18)(H,19,20,21).